The number of benzene rings is 1. The van der Waals surface area contributed by atoms with Gasteiger partial charge in [0.25, 0.3) is 5.91 Å². The molecule has 8 heteroatoms. The fourth-order valence-electron chi connectivity index (χ4n) is 2.61. The van der Waals surface area contributed by atoms with Gasteiger partial charge in [-0.3, -0.25) is 14.5 Å². The number of carbonyl (C=O) groups is 3. The second kappa shape index (κ2) is 8.89. The number of imide groups is 1. The number of nitrogens with zero attached hydrogens (tertiary/aromatic N) is 1. The number of hydrogen-bond donors (Lipinski definition) is 1. The molecule has 1 N–H and O–H groups in total. The van der Waals surface area contributed by atoms with Gasteiger partial charge in [0.2, 0.25) is 0 Å². The third kappa shape index (κ3) is 5.11. The van der Waals surface area contributed by atoms with Crippen LogP contribution in [0.25, 0.3) is 0 Å². The predicted octanol–water partition coefficient (Wildman–Crippen LogP) is 2.76. The molecule has 1 fully saturated rings. The van der Waals surface area contributed by atoms with Crippen LogP contribution in [-0.4, -0.2) is 48.1 Å². The Balaban J connectivity index is 1.75. The van der Waals surface area contributed by atoms with Gasteiger partial charge in [-0.25, -0.2) is 4.79 Å². The smallest absolute Gasteiger partial charge is 0.326 e. The number of carbonyl (C=O) groups excluding carboxylic acids is 3. The van der Waals surface area contributed by atoms with Crippen LogP contribution in [0.2, 0.25) is 5.02 Å². The van der Waals surface area contributed by atoms with Crippen LogP contribution < -0.4 is 10.1 Å². The maximum absolute atomic E-state index is 12.4. The van der Waals surface area contributed by atoms with E-state index in [1.807, 2.05) is 6.92 Å². The minimum atomic E-state index is -0.953. The average Bonchev–Trinajstić information content (AvgIpc) is 2.82. The van der Waals surface area contributed by atoms with E-state index in [0.717, 1.165) is 17.7 Å². The number of nitrogens with one attached hydrogen (secondary N) is 1. The van der Waals surface area contributed by atoms with E-state index in [9.17, 15) is 14.4 Å². The summed E-state index contributed by atoms with van der Waals surface area (Å²) in [5, 5.41) is 3.26. The molecule has 1 saturated heterocycles. The molecular weight excluding hydrogens is 360 g/mol. The first-order valence-corrected chi connectivity index (χ1v) is 8.91. The lowest BCUT2D eigenvalue weighted by molar-refractivity contribution is -0.148. The molecule has 26 heavy (non-hydrogen) atoms. The molecule has 0 bridgehead atoms. The Kier molecular flexibility index (Phi) is 6.85. The van der Waals surface area contributed by atoms with Crippen LogP contribution >= 0.6 is 11.6 Å². The Hall–Kier alpha value is -2.28. The van der Waals surface area contributed by atoms with E-state index in [-0.39, 0.29) is 13.2 Å². The first-order chi connectivity index (χ1) is 12.4. The lowest BCUT2D eigenvalue weighted by Crippen LogP contribution is -2.44. The normalized spacial score (nSPS) is 19.4. The fraction of sp³-hybridized carbons (Fsp3) is 0.500. The van der Waals surface area contributed by atoms with Crippen molar-refractivity contribution in [1.82, 2.24) is 10.2 Å². The van der Waals surface area contributed by atoms with E-state index < -0.39 is 30.0 Å². The summed E-state index contributed by atoms with van der Waals surface area (Å²) in [7, 11) is 0. The number of amides is 3. The van der Waals surface area contributed by atoms with Crippen LogP contribution in [0.15, 0.2) is 24.3 Å². The molecular formula is C18H23ClN2O5. The molecule has 1 heterocycles. The summed E-state index contributed by atoms with van der Waals surface area (Å²) < 4.78 is 10.4. The fourth-order valence-corrected chi connectivity index (χ4v) is 2.74. The molecule has 2 rings (SSSR count). The first kappa shape index (κ1) is 20.0. The molecule has 142 valence electrons. The van der Waals surface area contributed by atoms with E-state index in [1.54, 1.807) is 31.2 Å². The third-order valence-electron chi connectivity index (χ3n) is 4.09. The molecule has 0 radical (unpaired) electrons. The Morgan fingerprint density at radius 2 is 1.92 bits per heavy atom. The highest BCUT2D eigenvalue weighted by atomic mass is 35.5. The Bertz CT molecular complexity index is 664. The topological polar surface area (TPSA) is 84.9 Å². The number of esters is 1. The van der Waals surface area contributed by atoms with Gasteiger partial charge in [0.05, 0.1) is 0 Å². The molecule has 0 aliphatic carbocycles. The molecule has 3 amide bonds. The Morgan fingerprint density at radius 1 is 1.23 bits per heavy atom. The molecule has 0 spiro atoms. The summed E-state index contributed by atoms with van der Waals surface area (Å²) >= 11 is 5.78. The number of rotatable bonds is 9. The minimum Gasteiger partial charge on any atom is -0.490 e. The second-order valence-corrected chi connectivity index (χ2v) is 6.72. The van der Waals surface area contributed by atoms with Crippen LogP contribution in [0.4, 0.5) is 4.79 Å². The van der Waals surface area contributed by atoms with Crippen molar-refractivity contribution in [2.24, 2.45) is 0 Å². The average molecular weight is 383 g/mol. The first-order valence-electron chi connectivity index (χ1n) is 8.54. The molecule has 1 aromatic rings. The van der Waals surface area contributed by atoms with Crippen molar-refractivity contribution < 1.29 is 23.9 Å². The van der Waals surface area contributed by atoms with Gasteiger partial charge in [-0.15, -0.1) is 0 Å². The van der Waals surface area contributed by atoms with Gasteiger partial charge in [-0.2, -0.15) is 0 Å². The van der Waals surface area contributed by atoms with E-state index in [4.69, 9.17) is 21.1 Å². The summed E-state index contributed by atoms with van der Waals surface area (Å²) in [5.74, 6) is -0.454. The van der Waals surface area contributed by atoms with Gasteiger partial charge in [-0.1, -0.05) is 31.4 Å². The van der Waals surface area contributed by atoms with Gasteiger partial charge in [0.15, 0.2) is 0 Å². The molecule has 1 aliphatic heterocycles. The second-order valence-electron chi connectivity index (χ2n) is 6.28. The predicted molar refractivity (Wildman–Crippen MR) is 96.1 cm³/mol. The van der Waals surface area contributed by atoms with Crippen molar-refractivity contribution in [3.8, 4) is 5.75 Å². The SMILES string of the molecule is CCCC[C@]1(C)NC(=O)N(CC(=O)OCCOc2ccc(Cl)cc2)C1=O. The van der Waals surface area contributed by atoms with Crippen LogP contribution in [0, 0.1) is 0 Å². The number of halogens is 1. The number of hydrogen-bond acceptors (Lipinski definition) is 5. The minimum absolute atomic E-state index is 0.0121. The summed E-state index contributed by atoms with van der Waals surface area (Å²) in [6.45, 7) is 3.44. The Labute approximate surface area is 157 Å². The highest BCUT2D eigenvalue weighted by Gasteiger charge is 2.47. The molecule has 0 unspecified atom stereocenters. The van der Waals surface area contributed by atoms with Gasteiger partial charge in [-0.05, 0) is 37.6 Å². The van der Waals surface area contributed by atoms with Crippen LogP contribution in [-0.2, 0) is 14.3 Å². The zero-order valence-corrected chi connectivity index (χ0v) is 15.7. The lowest BCUT2D eigenvalue weighted by Gasteiger charge is -2.21. The summed E-state index contributed by atoms with van der Waals surface area (Å²) in [6.07, 6.45) is 2.26. The zero-order valence-electron chi connectivity index (χ0n) is 14.9. The van der Waals surface area contributed by atoms with Crippen LogP contribution in [0.3, 0.4) is 0 Å². The zero-order chi connectivity index (χ0) is 19.2. The van der Waals surface area contributed by atoms with E-state index in [1.165, 1.54) is 0 Å². The van der Waals surface area contributed by atoms with Crippen molar-refractivity contribution in [2.75, 3.05) is 19.8 Å². The van der Waals surface area contributed by atoms with Crippen molar-refractivity contribution in [3.63, 3.8) is 0 Å². The van der Waals surface area contributed by atoms with E-state index >= 15 is 0 Å². The molecule has 7 nitrogen and oxygen atoms in total. The monoisotopic (exact) mass is 382 g/mol. The maximum atomic E-state index is 12.4. The summed E-state index contributed by atoms with van der Waals surface area (Å²) in [4.78, 5) is 37.2. The largest absolute Gasteiger partial charge is 0.490 e. The lowest BCUT2D eigenvalue weighted by atomic mass is 9.95. The van der Waals surface area contributed by atoms with Gasteiger partial charge in [0, 0.05) is 5.02 Å². The molecule has 0 saturated carbocycles. The van der Waals surface area contributed by atoms with Crippen molar-refractivity contribution in [1.29, 1.82) is 0 Å². The Morgan fingerprint density at radius 3 is 2.58 bits per heavy atom. The van der Waals surface area contributed by atoms with Crippen molar-refractivity contribution in [3.05, 3.63) is 29.3 Å². The van der Waals surface area contributed by atoms with Crippen LogP contribution in [0.5, 0.6) is 5.75 Å². The molecule has 1 aromatic carbocycles. The standard InChI is InChI=1S/C18H23ClN2O5/c1-3-4-9-18(2)16(23)21(17(24)20-18)12-15(22)26-11-10-25-14-7-5-13(19)6-8-14/h5-8H,3-4,9-12H2,1-2H3,(H,20,24)/t18-/m0/s1. The highest BCUT2D eigenvalue weighted by Crippen LogP contribution is 2.23. The number of ether oxygens (including phenoxy) is 2. The molecule has 0 aromatic heterocycles. The summed E-state index contributed by atoms with van der Waals surface area (Å²) in [6, 6.07) is 6.22. The van der Waals surface area contributed by atoms with E-state index in [2.05, 4.69) is 5.32 Å². The van der Waals surface area contributed by atoms with Crippen LogP contribution in [0.1, 0.15) is 33.1 Å². The van der Waals surface area contributed by atoms with Gasteiger partial charge < -0.3 is 14.8 Å². The van der Waals surface area contributed by atoms with Gasteiger partial charge >= 0.3 is 12.0 Å². The number of unbranched alkanes of at least 4 members (excludes halogenated alkanes) is 1. The van der Waals surface area contributed by atoms with Crippen molar-refractivity contribution >= 4 is 29.5 Å². The maximum Gasteiger partial charge on any atom is 0.326 e. The molecule has 1 atom stereocenters. The van der Waals surface area contributed by atoms with Gasteiger partial charge in [0.1, 0.15) is 31.0 Å². The molecule has 1 aliphatic rings. The van der Waals surface area contributed by atoms with Crippen molar-refractivity contribution in [2.45, 2.75) is 38.6 Å². The highest BCUT2D eigenvalue weighted by molar-refractivity contribution is 6.30. The quantitative estimate of drug-likeness (QED) is 0.403. The third-order valence-corrected chi connectivity index (χ3v) is 4.34. The van der Waals surface area contributed by atoms with E-state index in [0.29, 0.717) is 17.2 Å². The summed E-state index contributed by atoms with van der Waals surface area (Å²) in [5.41, 5.74) is -0.953. The number of urea groups is 1.